The van der Waals surface area contributed by atoms with Crippen LogP contribution in [0.1, 0.15) is 6.92 Å². The first-order valence-corrected chi connectivity index (χ1v) is 2.62. The highest BCUT2D eigenvalue weighted by molar-refractivity contribution is 5.77. The van der Waals surface area contributed by atoms with Gasteiger partial charge in [-0.05, 0) is 19.1 Å². The Hall–Kier alpha value is -1.14. The van der Waals surface area contributed by atoms with Crippen molar-refractivity contribution in [3.05, 3.63) is 29.4 Å². The Balaban J connectivity index is 2.96. The van der Waals surface area contributed by atoms with Crippen LogP contribution in [0.15, 0.2) is 34.4 Å². The minimum atomic E-state index is -0.334. The molecule has 1 nitrogen and oxygen atoms in total. The van der Waals surface area contributed by atoms with Gasteiger partial charge in [-0.2, -0.15) is 0 Å². The second-order valence-corrected chi connectivity index (χ2v) is 1.71. The molecule has 0 fully saturated rings. The molecule has 0 bridgehead atoms. The summed E-state index contributed by atoms with van der Waals surface area (Å²) in [5.74, 6) is -0.334. The molecule has 46 valence electrons. The molecule has 0 saturated carbocycles. The number of rotatable bonds is 0. The Kier molecular flexibility index (Phi) is 1.61. The highest BCUT2D eigenvalue weighted by Crippen LogP contribution is 2.00. The third kappa shape index (κ3) is 1.67. The lowest BCUT2D eigenvalue weighted by Crippen LogP contribution is -1.71. The fraction of sp³-hybridized carbons (Fsp3) is 0.143. The number of allylic oxidation sites excluding steroid dienone is 3. The highest BCUT2D eigenvalue weighted by atomic mass is 19.1. The molecule has 0 aliphatic carbocycles. The third-order valence-corrected chi connectivity index (χ3v) is 0.916. The van der Waals surface area contributed by atoms with E-state index in [-0.39, 0.29) is 5.83 Å². The Labute approximate surface area is 52.9 Å². The molecule has 0 amide bonds. The lowest BCUT2D eigenvalue weighted by atomic mass is 10.4. The first-order chi connectivity index (χ1) is 4.29. The molecule has 0 spiro atoms. The molecule has 1 aliphatic heterocycles. The van der Waals surface area contributed by atoms with E-state index in [0.717, 1.165) is 0 Å². The van der Waals surface area contributed by atoms with Gasteiger partial charge in [0.05, 0.1) is 11.9 Å². The molecule has 0 radical (unpaired) electrons. The Morgan fingerprint density at radius 3 is 3.22 bits per heavy atom. The number of nitrogens with zero attached hydrogens (tertiary/aromatic N) is 1. The van der Waals surface area contributed by atoms with Crippen molar-refractivity contribution in [1.82, 2.24) is 0 Å². The van der Waals surface area contributed by atoms with Crippen LogP contribution < -0.4 is 0 Å². The number of hydrogen-bond acceptors (Lipinski definition) is 1. The van der Waals surface area contributed by atoms with Crippen molar-refractivity contribution in [3.63, 3.8) is 0 Å². The van der Waals surface area contributed by atoms with Crippen LogP contribution in [-0.4, -0.2) is 6.21 Å². The lowest BCUT2D eigenvalue weighted by Gasteiger charge is -1.79. The van der Waals surface area contributed by atoms with Gasteiger partial charge in [0, 0.05) is 0 Å². The van der Waals surface area contributed by atoms with Crippen LogP contribution in [0.2, 0.25) is 0 Å². The molecule has 2 heteroatoms. The fourth-order valence-corrected chi connectivity index (χ4v) is 0.481. The fourth-order valence-electron chi connectivity index (χ4n) is 0.481. The average molecular weight is 123 g/mol. The summed E-state index contributed by atoms with van der Waals surface area (Å²) in [6.07, 6.45) is 4.00. The molecule has 9 heavy (non-hydrogen) atoms. The van der Waals surface area contributed by atoms with Crippen molar-refractivity contribution >= 4 is 6.21 Å². The molecule has 1 heterocycles. The maximum atomic E-state index is 12.2. The van der Waals surface area contributed by atoms with Gasteiger partial charge in [0.2, 0.25) is 0 Å². The van der Waals surface area contributed by atoms with Crippen LogP contribution in [0.3, 0.4) is 0 Å². The molecular weight excluding hydrogens is 117 g/mol. The minimum Gasteiger partial charge on any atom is -0.250 e. The summed E-state index contributed by atoms with van der Waals surface area (Å²) >= 11 is 0. The number of hydrogen-bond donors (Lipinski definition) is 0. The van der Waals surface area contributed by atoms with Gasteiger partial charge in [-0.15, -0.1) is 0 Å². The van der Waals surface area contributed by atoms with Crippen LogP contribution >= 0.6 is 0 Å². The van der Waals surface area contributed by atoms with E-state index in [9.17, 15) is 4.39 Å². The van der Waals surface area contributed by atoms with Crippen LogP contribution in [0.4, 0.5) is 4.39 Å². The zero-order valence-electron chi connectivity index (χ0n) is 5.06. The smallest absolute Gasteiger partial charge is 0.142 e. The second-order valence-electron chi connectivity index (χ2n) is 1.71. The zero-order chi connectivity index (χ0) is 6.69. The average Bonchev–Trinajstić information content (AvgIpc) is 1.97. The van der Waals surface area contributed by atoms with E-state index in [1.165, 1.54) is 18.4 Å². The maximum Gasteiger partial charge on any atom is 0.142 e. The van der Waals surface area contributed by atoms with Crippen molar-refractivity contribution in [2.24, 2.45) is 4.99 Å². The first-order valence-electron chi connectivity index (χ1n) is 2.62. The standard InChI is InChI=1S/C7H6FN/c1-6-3-2-4-7(8)5-9-6/h2,4-5H,1H3. The van der Waals surface area contributed by atoms with Crippen LogP contribution in [0.25, 0.3) is 0 Å². The topological polar surface area (TPSA) is 12.4 Å². The predicted molar refractivity (Wildman–Crippen MR) is 35.0 cm³/mol. The quantitative estimate of drug-likeness (QED) is 0.437. The van der Waals surface area contributed by atoms with Gasteiger partial charge < -0.3 is 0 Å². The lowest BCUT2D eigenvalue weighted by molar-refractivity contribution is 0.686. The van der Waals surface area contributed by atoms with E-state index in [2.05, 4.69) is 10.7 Å². The summed E-state index contributed by atoms with van der Waals surface area (Å²) in [5.41, 5.74) is 3.45. The van der Waals surface area contributed by atoms with Crippen molar-refractivity contribution in [1.29, 1.82) is 0 Å². The van der Waals surface area contributed by atoms with E-state index in [0.29, 0.717) is 5.70 Å². The molecule has 1 aliphatic rings. The minimum absolute atomic E-state index is 0.334. The van der Waals surface area contributed by atoms with Crippen LogP contribution in [0.5, 0.6) is 0 Å². The summed E-state index contributed by atoms with van der Waals surface area (Å²) in [6, 6.07) is 0. The molecule has 0 atom stereocenters. The van der Waals surface area contributed by atoms with E-state index in [1.807, 2.05) is 0 Å². The highest BCUT2D eigenvalue weighted by Gasteiger charge is 1.88. The SMILES string of the molecule is CC1=C=CC=C(F)C=N1. The van der Waals surface area contributed by atoms with Gasteiger partial charge in [0.1, 0.15) is 5.83 Å². The number of halogens is 1. The van der Waals surface area contributed by atoms with E-state index in [4.69, 9.17) is 0 Å². The van der Waals surface area contributed by atoms with Gasteiger partial charge in [0.25, 0.3) is 0 Å². The zero-order valence-corrected chi connectivity index (χ0v) is 5.06. The van der Waals surface area contributed by atoms with E-state index >= 15 is 0 Å². The summed E-state index contributed by atoms with van der Waals surface area (Å²) < 4.78 is 12.2. The van der Waals surface area contributed by atoms with Crippen molar-refractivity contribution in [2.45, 2.75) is 6.92 Å². The molecule has 0 aromatic carbocycles. The van der Waals surface area contributed by atoms with E-state index < -0.39 is 0 Å². The summed E-state index contributed by atoms with van der Waals surface area (Å²) in [4.78, 5) is 3.71. The van der Waals surface area contributed by atoms with Crippen molar-refractivity contribution in [3.8, 4) is 0 Å². The van der Waals surface area contributed by atoms with Crippen LogP contribution in [-0.2, 0) is 0 Å². The molecule has 0 saturated heterocycles. The molecule has 0 N–H and O–H groups in total. The van der Waals surface area contributed by atoms with E-state index in [1.54, 1.807) is 6.92 Å². The summed E-state index contributed by atoms with van der Waals surface area (Å²) in [6.45, 7) is 1.76. The molecular formula is C7H6FN. The molecule has 0 unspecified atom stereocenters. The maximum absolute atomic E-state index is 12.2. The Morgan fingerprint density at radius 2 is 2.44 bits per heavy atom. The van der Waals surface area contributed by atoms with Crippen molar-refractivity contribution < 1.29 is 4.39 Å². The van der Waals surface area contributed by atoms with Gasteiger partial charge in [-0.3, -0.25) is 4.99 Å². The van der Waals surface area contributed by atoms with Gasteiger partial charge in [-0.1, -0.05) is 5.73 Å². The normalized spacial score (nSPS) is 16.7. The summed E-state index contributed by atoms with van der Waals surface area (Å²) in [5, 5.41) is 0. The van der Waals surface area contributed by atoms with Gasteiger partial charge in [-0.25, -0.2) is 4.39 Å². The van der Waals surface area contributed by atoms with Crippen molar-refractivity contribution in [2.75, 3.05) is 0 Å². The van der Waals surface area contributed by atoms with Gasteiger partial charge >= 0.3 is 0 Å². The molecule has 0 aromatic rings. The third-order valence-electron chi connectivity index (χ3n) is 0.916. The number of aliphatic imine (C=N–C) groups is 1. The first kappa shape index (κ1) is 5.99. The second kappa shape index (κ2) is 2.42. The molecule has 0 aromatic heterocycles. The predicted octanol–water partition coefficient (Wildman–Crippen LogP) is 1.98. The molecule has 1 rings (SSSR count). The largest absolute Gasteiger partial charge is 0.250 e. The monoisotopic (exact) mass is 123 g/mol. The Morgan fingerprint density at radius 1 is 1.67 bits per heavy atom. The Bertz CT molecular complexity index is 229. The van der Waals surface area contributed by atoms with Gasteiger partial charge in [0.15, 0.2) is 0 Å². The van der Waals surface area contributed by atoms with Crippen LogP contribution in [0, 0.1) is 0 Å². The summed E-state index contributed by atoms with van der Waals surface area (Å²) in [7, 11) is 0.